The minimum absolute atomic E-state index is 0.0952. The van der Waals surface area contributed by atoms with Crippen LogP contribution in [-0.4, -0.2) is 49.7 Å². The number of rotatable bonds is 4. The van der Waals surface area contributed by atoms with E-state index in [1.54, 1.807) is 37.3 Å². The molecule has 1 fully saturated rings. The van der Waals surface area contributed by atoms with Gasteiger partial charge in [0.15, 0.2) is 0 Å². The van der Waals surface area contributed by atoms with Crippen LogP contribution in [-0.2, 0) is 0 Å². The molecule has 1 heterocycles. The summed E-state index contributed by atoms with van der Waals surface area (Å²) < 4.78 is 10.4. The van der Waals surface area contributed by atoms with Crippen molar-refractivity contribution in [1.82, 2.24) is 4.90 Å². The first-order chi connectivity index (χ1) is 10.1. The Bertz CT molecular complexity index is 468. The molecule has 21 heavy (non-hydrogen) atoms. The van der Waals surface area contributed by atoms with Gasteiger partial charge in [-0.25, -0.2) is 4.79 Å². The summed E-state index contributed by atoms with van der Waals surface area (Å²) >= 11 is 1.95. The Kier molecular flexibility index (Phi) is 5.61. The molecule has 2 rings (SSSR count). The molecule has 6 heteroatoms. The fraction of sp³-hybridized carbons (Fsp3) is 0.533. The number of amides is 2. The van der Waals surface area contributed by atoms with Gasteiger partial charge < -0.3 is 19.7 Å². The molecule has 1 saturated heterocycles. The van der Waals surface area contributed by atoms with E-state index in [0.717, 1.165) is 24.3 Å². The number of anilines is 1. The Morgan fingerprint density at radius 1 is 1.19 bits per heavy atom. The van der Waals surface area contributed by atoms with Crippen molar-refractivity contribution in [2.45, 2.75) is 18.9 Å². The number of ether oxygens (including phenoxy) is 2. The number of hydrogen-bond acceptors (Lipinski definition) is 4. The number of nitrogens with zero attached hydrogens (tertiary/aromatic N) is 1. The van der Waals surface area contributed by atoms with Gasteiger partial charge in [0, 0.05) is 37.0 Å². The van der Waals surface area contributed by atoms with Gasteiger partial charge in [-0.1, -0.05) is 0 Å². The van der Waals surface area contributed by atoms with Crippen LogP contribution in [0.2, 0.25) is 0 Å². The Morgan fingerprint density at radius 2 is 1.76 bits per heavy atom. The van der Waals surface area contributed by atoms with Crippen molar-refractivity contribution in [3.8, 4) is 11.5 Å². The van der Waals surface area contributed by atoms with Crippen LogP contribution in [0, 0.1) is 0 Å². The first-order valence-electron chi connectivity index (χ1n) is 6.98. The Labute approximate surface area is 130 Å². The SMILES string of the molecule is COc1cc(NC(=O)N(C)C2CCSCC2)cc(OC)c1. The maximum atomic E-state index is 12.3. The third-order valence-corrected chi connectivity index (χ3v) is 4.71. The van der Waals surface area contributed by atoms with E-state index in [1.165, 1.54) is 0 Å². The van der Waals surface area contributed by atoms with Gasteiger partial charge in [0.2, 0.25) is 0 Å². The molecule has 0 spiro atoms. The van der Waals surface area contributed by atoms with E-state index in [0.29, 0.717) is 23.2 Å². The van der Waals surface area contributed by atoms with E-state index in [4.69, 9.17) is 9.47 Å². The smallest absolute Gasteiger partial charge is 0.321 e. The zero-order valence-corrected chi connectivity index (χ0v) is 13.5. The Hall–Kier alpha value is -1.56. The third-order valence-electron chi connectivity index (χ3n) is 3.66. The summed E-state index contributed by atoms with van der Waals surface area (Å²) in [6.45, 7) is 0. The summed E-state index contributed by atoms with van der Waals surface area (Å²) in [5.74, 6) is 3.55. The number of methoxy groups -OCH3 is 2. The number of urea groups is 1. The second-order valence-electron chi connectivity index (χ2n) is 4.99. The van der Waals surface area contributed by atoms with Crippen LogP contribution in [0.25, 0.3) is 0 Å². The fourth-order valence-electron chi connectivity index (χ4n) is 2.33. The average Bonchev–Trinajstić information content (AvgIpc) is 2.54. The van der Waals surface area contributed by atoms with Gasteiger partial charge in [0.1, 0.15) is 11.5 Å². The van der Waals surface area contributed by atoms with E-state index in [2.05, 4.69) is 5.32 Å². The van der Waals surface area contributed by atoms with Crippen molar-refractivity contribution in [3.63, 3.8) is 0 Å². The first kappa shape index (κ1) is 15.8. The molecule has 1 aliphatic heterocycles. The molecule has 2 amide bonds. The summed E-state index contributed by atoms with van der Waals surface area (Å²) in [5, 5.41) is 2.91. The highest BCUT2D eigenvalue weighted by Gasteiger charge is 2.22. The van der Waals surface area contributed by atoms with Crippen molar-refractivity contribution in [2.75, 3.05) is 38.1 Å². The Balaban J connectivity index is 2.04. The van der Waals surface area contributed by atoms with Gasteiger partial charge in [-0.2, -0.15) is 11.8 Å². The van der Waals surface area contributed by atoms with Crippen molar-refractivity contribution < 1.29 is 14.3 Å². The quantitative estimate of drug-likeness (QED) is 0.928. The summed E-state index contributed by atoms with van der Waals surface area (Å²) in [6, 6.07) is 5.56. The van der Waals surface area contributed by atoms with Crippen LogP contribution in [0.1, 0.15) is 12.8 Å². The number of carbonyl (C=O) groups is 1. The number of benzene rings is 1. The van der Waals surface area contributed by atoms with Gasteiger partial charge in [-0.3, -0.25) is 0 Å². The van der Waals surface area contributed by atoms with Gasteiger partial charge in [-0.05, 0) is 24.3 Å². The molecule has 1 aliphatic rings. The van der Waals surface area contributed by atoms with Crippen molar-refractivity contribution in [2.24, 2.45) is 0 Å². The summed E-state index contributed by atoms with van der Waals surface area (Å²) in [4.78, 5) is 14.1. The van der Waals surface area contributed by atoms with Gasteiger partial charge in [-0.15, -0.1) is 0 Å². The highest BCUT2D eigenvalue weighted by Crippen LogP contribution is 2.26. The molecule has 5 nitrogen and oxygen atoms in total. The molecule has 1 N–H and O–H groups in total. The standard InChI is InChI=1S/C15H22N2O3S/c1-17(12-4-6-21-7-5-12)15(18)16-11-8-13(19-2)10-14(9-11)20-3/h8-10,12H,4-7H2,1-3H3,(H,16,18). The van der Waals surface area contributed by atoms with Crippen molar-refractivity contribution in [3.05, 3.63) is 18.2 Å². The Morgan fingerprint density at radius 3 is 2.29 bits per heavy atom. The zero-order chi connectivity index (χ0) is 15.2. The number of carbonyl (C=O) groups excluding carboxylic acids is 1. The summed E-state index contributed by atoms with van der Waals surface area (Å²) in [6.07, 6.45) is 2.10. The van der Waals surface area contributed by atoms with E-state index in [-0.39, 0.29) is 6.03 Å². The molecular weight excluding hydrogens is 288 g/mol. The lowest BCUT2D eigenvalue weighted by Crippen LogP contribution is -2.41. The average molecular weight is 310 g/mol. The van der Waals surface area contributed by atoms with Crippen LogP contribution in [0.4, 0.5) is 10.5 Å². The van der Waals surface area contributed by atoms with Crippen molar-refractivity contribution >= 4 is 23.5 Å². The molecular formula is C15H22N2O3S. The highest BCUT2D eigenvalue weighted by atomic mass is 32.2. The van der Waals surface area contributed by atoms with Gasteiger partial charge in [0.05, 0.1) is 14.2 Å². The largest absolute Gasteiger partial charge is 0.497 e. The lowest BCUT2D eigenvalue weighted by atomic mass is 10.1. The van der Waals surface area contributed by atoms with Gasteiger partial charge >= 0.3 is 6.03 Å². The second kappa shape index (κ2) is 7.45. The minimum atomic E-state index is -0.0952. The molecule has 1 aromatic carbocycles. The topological polar surface area (TPSA) is 50.8 Å². The van der Waals surface area contributed by atoms with Crippen LogP contribution >= 0.6 is 11.8 Å². The van der Waals surface area contributed by atoms with Gasteiger partial charge in [0.25, 0.3) is 0 Å². The highest BCUT2D eigenvalue weighted by molar-refractivity contribution is 7.99. The molecule has 0 saturated carbocycles. The predicted molar refractivity (Wildman–Crippen MR) is 86.7 cm³/mol. The van der Waals surface area contributed by atoms with Crippen LogP contribution in [0.15, 0.2) is 18.2 Å². The normalized spacial score (nSPS) is 15.4. The minimum Gasteiger partial charge on any atom is -0.497 e. The fourth-order valence-corrected chi connectivity index (χ4v) is 3.41. The predicted octanol–water partition coefficient (Wildman–Crippen LogP) is 3.06. The summed E-state index contributed by atoms with van der Waals surface area (Å²) in [5.41, 5.74) is 0.674. The first-order valence-corrected chi connectivity index (χ1v) is 8.14. The molecule has 0 aliphatic carbocycles. The molecule has 0 bridgehead atoms. The second-order valence-corrected chi connectivity index (χ2v) is 6.21. The molecule has 0 aromatic heterocycles. The van der Waals surface area contributed by atoms with E-state index >= 15 is 0 Å². The number of hydrogen-bond donors (Lipinski definition) is 1. The van der Waals surface area contributed by atoms with Crippen LogP contribution in [0.3, 0.4) is 0 Å². The molecule has 0 unspecified atom stereocenters. The maximum Gasteiger partial charge on any atom is 0.321 e. The molecule has 0 atom stereocenters. The van der Waals surface area contributed by atoms with Crippen LogP contribution in [0.5, 0.6) is 11.5 Å². The molecule has 0 radical (unpaired) electrons. The van der Waals surface area contributed by atoms with Crippen molar-refractivity contribution in [1.29, 1.82) is 0 Å². The number of nitrogens with one attached hydrogen (secondary N) is 1. The monoisotopic (exact) mass is 310 g/mol. The van der Waals surface area contributed by atoms with Crippen LogP contribution < -0.4 is 14.8 Å². The third kappa shape index (κ3) is 4.20. The van der Waals surface area contributed by atoms with E-state index < -0.39 is 0 Å². The lowest BCUT2D eigenvalue weighted by molar-refractivity contribution is 0.200. The summed E-state index contributed by atoms with van der Waals surface area (Å²) in [7, 11) is 5.03. The van der Waals surface area contributed by atoms with E-state index in [9.17, 15) is 4.79 Å². The molecule has 1 aromatic rings. The zero-order valence-electron chi connectivity index (χ0n) is 12.7. The van der Waals surface area contributed by atoms with E-state index in [1.807, 2.05) is 18.8 Å². The number of thioether (sulfide) groups is 1. The maximum absolute atomic E-state index is 12.3. The lowest BCUT2D eigenvalue weighted by Gasteiger charge is -2.31. The molecule has 116 valence electrons.